The highest BCUT2D eigenvalue weighted by molar-refractivity contribution is 7.91. The van der Waals surface area contributed by atoms with Crippen molar-refractivity contribution in [2.45, 2.75) is 54.4 Å². The number of nitrogens with one attached hydrogen (secondary N) is 1. The molecule has 2 heterocycles. The van der Waals surface area contributed by atoms with E-state index in [1.54, 1.807) is 48.8 Å². The van der Waals surface area contributed by atoms with Gasteiger partial charge in [-0.2, -0.15) is 0 Å². The van der Waals surface area contributed by atoms with E-state index in [0.717, 1.165) is 15.6 Å². The molecule has 2 aromatic heterocycles. The van der Waals surface area contributed by atoms with Crippen molar-refractivity contribution in [2.75, 3.05) is 0 Å². The fourth-order valence-corrected chi connectivity index (χ4v) is 6.75. The van der Waals surface area contributed by atoms with Gasteiger partial charge in [0.2, 0.25) is 9.84 Å². The fraction of sp³-hybridized carbons (Fsp3) is 0.259. The Bertz CT molecular complexity index is 1370. The lowest BCUT2D eigenvalue weighted by molar-refractivity contribution is 0.0955. The Morgan fingerprint density at radius 3 is 2.29 bits per heavy atom. The average molecular weight is 491 g/mol. The van der Waals surface area contributed by atoms with Gasteiger partial charge in [0.1, 0.15) is 0 Å². The number of amides is 1. The van der Waals surface area contributed by atoms with E-state index in [2.05, 4.69) is 10.3 Å². The molecule has 1 N–H and O–H groups in total. The molecule has 0 spiro atoms. The SMILES string of the molecule is O=C(NCc1ccc(S(=O)(=O)c2ccc(C3CCCCC3)cc2)cc1)c1cc2ccncc2s1. The maximum Gasteiger partial charge on any atom is 0.261 e. The molecule has 4 aromatic rings. The van der Waals surface area contributed by atoms with Crippen LogP contribution in [0.4, 0.5) is 0 Å². The molecule has 0 unspecified atom stereocenters. The highest BCUT2D eigenvalue weighted by Crippen LogP contribution is 2.33. The number of aromatic nitrogens is 1. The second kappa shape index (κ2) is 9.68. The van der Waals surface area contributed by atoms with Gasteiger partial charge in [-0.05, 0) is 71.7 Å². The van der Waals surface area contributed by atoms with Gasteiger partial charge in [0, 0.05) is 18.9 Å². The largest absolute Gasteiger partial charge is 0.347 e. The number of sulfone groups is 1. The highest BCUT2D eigenvalue weighted by Gasteiger charge is 2.20. The summed E-state index contributed by atoms with van der Waals surface area (Å²) in [5.41, 5.74) is 2.07. The van der Waals surface area contributed by atoms with Gasteiger partial charge in [-0.25, -0.2) is 8.42 Å². The predicted octanol–water partition coefficient (Wildman–Crippen LogP) is 6.11. The summed E-state index contributed by atoms with van der Waals surface area (Å²) in [4.78, 5) is 17.8. The van der Waals surface area contributed by atoms with E-state index in [4.69, 9.17) is 0 Å². The summed E-state index contributed by atoms with van der Waals surface area (Å²) in [5, 5.41) is 3.90. The van der Waals surface area contributed by atoms with Crippen molar-refractivity contribution < 1.29 is 13.2 Å². The van der Waals surface area contributed by atoms with Gasteiger partial charge < -0.3 is 5.32 Å². The van der Waals surface area contributed by atoms with Gasteiger partial charge in [0.15, 0.2) is 0 Å². The standard InChI is InChI=1S/C27H26N2O3S2/c30-27(25-16-22-14-15-28-18-26(22)33-25)29-17-19-6-10-23(11-7-19)34(31,32)24-12-8-21(9-13-24)20-4-2-1-3-5-20/h6-16,18,20H,1-5,17H2,(H,29,30). The highest BCUT2D eigenvalue weighted by atomic mass is 32.2. The van der Waals surface area contributed by atoms with Crippen molar-refractivity contribution in [3.05, 3.63) is 89.1 Å². The number of carbonyl (C=O) groups is 1. The lowest BCUT2D eigenvalue weighted by atomic mass is 9.84. The number of nitrogens with zero attached hydrogens (tertiary/aromatic N) is 1. The normalized spacial score (nSPS) is 14.8. The summed E-state index contributed by atoms with van der Waals surface area (Å²) in [7, 11) is -3.58. The Labute approximate surface area is 203 Å². The third-order valence-corrected chi connectivity index (χ3v) is 9.37. The molecule has 1 aliphatic rings. The monoisotopic (exact) mass is 490 g/mol. The van der Waals surface area contributed by atoms with E-state index in [-0.39, 0.29) is 10.8 Å². The van der Waals surface area contributed by atoms with E-state index in [0.29, 0.717) is 22.2 Å². The van der Waals surface area contributed by atoms with Crippen LogP contribution >= 0.6 is 11.3 Å². The summed E-state index contributed by atoms with van der Waals surface area (Å²) >= 11 is 1.40. The molecule has 1 fully saturated rings. The zero-order valence-electron chi connectivity index (χ0n) is 18.7. The van der Waals surface area contributed by atoms with Crippen LogP contribution in [-0.4, -0.2) is 19.3 Å². The third kappa shape index (κ3) is 4.76. The van der Waals surface area contributed by atoms with Gasteiger partial charge in [-0.1, -0.05) is 43.5 Å². The zero-order valence-corrected chi connectivity index (χ0v) is 20.4. The Balaban J connectivity index is 1.24. The van der Waals surface area contributed by atoms with Crippen molar-refractivity contribution in [3.8, 4) is 0 Å². The van der Waals surface area contributed by atoms with Crippen molar-refractivity contribution in [1.82, 2.24) is 10.3 Å². The first-order valence-corrected chi connectivity index (χ1v) is 13.9. The van der Waals surface area contributed by atoms with Crippen molar-refractivity contribution >= 4 is 37.2 Å². The molecule has 2 aromatic carbocycles. The Morgan fingerprint density at radius 1 is 0.941 bits per heavy atom. The summed E-state index contributed by atoms with van der Waals surface area (Å²) in [6.45, 7) is 0.321. The Morgan fingerprint density at radius 2 is 1.62 bits per heavy atom. The van der Waals surface area contributed by atoms with Crippen LogP contribution in [0.1, 0.15) is 58.8 Å². The van der Waals surface area contributed by atoms with Crippen LogP contribution in [0.15, 0.2) is 82.8 Å². The molecule has 1 saturated carbocycles. The maximum atomic E-state index is 13.1. The zero-order chi connectivity index (χ0) is 23.5. The van der Waals surface area contributed by atoms with Crippen LogP contribution in [0.25, 0.3) is 10.1 Å². The summed E-state index contributed by atoms with van der Waals surface area (Å²) < 4.78 is 27.2. The molecular formula is C27H26N2O3S2. The minimum Gasteiger partial charge on any atom is -0.347 e. The first-order valence-electron chi connectivity index (χ1n) is 11.6. The molecule has 7 heteroatoms. The number of hydrogen-bond donors (Lipinski definition) is 1. The summed E-state index contributed by atoms with van der Waals surface area (Å²) in [5.74, 6) is 0.389. The molecule has 0 radical (unpaired) electrons. The van der Waals surface area contributed by atoms with Gasteiger partial charge in [0.05, 0.1) is 19.4 Å². The number of carbonyl (C=O) groups excluding carboxylic acids is 1. The fourth-order valence-electron chi connectivity index (χ4n) is 4.54. The van der Waals surface area contributed by atoms with Crippen LogP contribution in [0.2, 0.25) is 0 Å². The Hall–Kier alpha value is -3.03. The second-order valence-electron chi connectivity index (χ2n) is 8.76. The van der Waals surface area contributed by atoms with Crippen LogP contribution in [-0.2, 0) is 16.4 Å². The summed E-state index contributed by atoms with van der Waals surface area (Å²) in [6.07, 6.45) is 9.62. The van der Waals surface area contributed by atoms with Crippen LogP contribution in [0.3, 0.4) is 0 Å². The van der Waals surface area contributed by atoms with Gasteiger partial charge in [0.25, 0.3) is 5.91 Å². The average Bonchev–Trinajstić information content (AvgIpc) is 3.33. The molecule has 0 atom stereocenters. The third-order valence-electron chi connectivity index (χ3n) is 6.50. The first-order chi connectivity index (χ1) is 16.5. The Kier molecular flexibility index (Phi) is 6.48. The van der Waals surface area contributed by atoms with Crippen LogP contribution < -0.4 is 5.32 Å². The van der Waals surface area contributed by atoms with Gasteiger partial charge in [-0.3, -0.25) is 9.78 Å². The number of thiophene rings is 1. The minimum atomic E-state index is -3.58. The van der Waals surface area contributed by atoms with E-state index >= 15 is 0 Å². The topological polar surface area (TPSA) is 76.1 Å². The molecule has 5 nitrogen and oxygen atoms in total. The number of rotatable bonds is 6. The smallest absolute Gasteiger partial charge is 0.261 e. The lowest BCUT2D eigenvalue weighted by Crippen LogP contribution is -2.21. The molecule has 174 valence electrons. The maximum absolute atomic E-state index is 13.1. The van der Waals surface area contributed by atoms with Crippen LogP contribution in [0.5, 0.6) is 0 Å². The molecule has 0 bridgehead atoms. The van der Waals surface area contributed by atoms with Crippen molar-refractivity contribution in [3.63, 3.8) is 0 Å². The van der Waals surface area contributed by atoms with E-state index < -0.39 is 9.84 Å². The van der Waals surface area contributed by atoms with Crippen molar-refractivity contribution in [1.29, 1.82) is 0 Å². The molecular weight excluding hydrogens is 464 g/mol. The number of fused-ring (bicyclic) bond motifs is 1. The molecule has 0 aliphatic heterocycles. The predicted molar refractivity (Wildman–Crippen MR) is 135 cm³/mol. The van der Waals surface area contributed by atoms with Gasteiger partial charge in [-0.15, -0.1) is 11.3 Å². The van der Waals surface area contributed by atoms with E-state index in [1.165, 1.54) is 49.0 Å². The molecule has 1 aliphatic carbocycles. The lowest BCUT2D eigenvalue weighted by Gasteiger charge is -2.22. The number of pyridine rings is 1. The quantitative estimate of drug-likeness (QED) is 0.354. The number of hydrogen-bond acceptors (Lipinski definition) is 5. The van der Waals surface area contributed by atoms with E-state index in [1.807, 2.05) is 24.3 Å². The minimum absolute atomic E-state index is 0.157. The summed E-state index contributed by atoms with van der Waals surface area (Å²) in [6, 6.07) is 17.8. The number of benzene rings is 2. The first kappa shape index (κ1) is 22.7. The molecule has 1 amide bonds. The molecule has 34 heavy (non-hydrogen) atoms. The molecule has 5 rings (SSSR count). The molecule has 0 saturated heterocycles. The van der Waals surface area contributed by atoms with Gasteiger partial charge >= 0.3 is 0 Å². The van der Waals surface area contributed by atoms with Crippen molar-refractivity contribution in [2.24, 2.45) is 0 Å². The second-order valence-corrected chi connectivity index (χ2v) is 11.8. The van der Waals surface area contributed by atoms with E-state index in [9.17, 15) is 13.2 Å². The van der Waals surface area contributed by atoms with Crippen LogP contribution in [0, 0.1) is 0 Å².